The van der Waals surface area contributed by atoms with E-state index < -0.39 is 0 Å². The van der Waals surface area contributed by atoms with Crippen molar-refractivity contribution in [2.45, 2.75) is 38.3 Å². The number of urea groups is 1. The zero-order valence-electron chi connectivity index (χ0n) is 15.2. The van der Waals surface area contributed by atoms with Crippen molar-refractivity contribution in [2.75, 3.05) is 7.11 Å². The lowest BCUT2D eigenvalue weighted by molar-refractivity contribution is 0.232. The number of carbonyl (C=O) groups excluding carboxylic acids is 1. The fourth-order valence-electron chi connectivity index (χ4n) is 3.18. The number of ether oxygens (including phenoxy) is 1. The largest absolute Gasteiger partial charge is 0.497 e. The van der Waals surface area contributed by atoms with Crippen LogP contribution in [0.15, 0.2) is 48.5 Å². The van der Waals surface area contributed by atoms with E-state index in [1.54, 1.807) is 19.2 Å². The van der Waals surface area contributed by atoms with Crippen molar-refractivity contribution in [1.82, 2.24) is 10.6 Å². The average Bonchev–Trinajstić information content (AvgIpc) is 3.45. The average molecular weight is 356 g/mol. The van der Waals surface area contributed by atoms with Gasteiger partial charge in [0.05, 0.1) is 13.2 Å². The summed E-state index contributed by atoms with van der Waals surface area (Å²) in [7, 11) is 1.64. The second-order valence-corrected chi connectivity index (χ2v) is 6.94. The van der Waals surface area contributed by atoms with Crippen molar-refractivity contribution in [3.05, 3.63) is 65.5 Å². The van der Waals surface area contributed by atoms with Crippen LogP contribution in [-0.4, -0.2) is 19.2 Å². The molecule has 3 rings (SSSR count). The van der Waals surface area contributed by atoms with Gasteiger partial charge in [0.2, 0.25) is 0 Å². The van der Waals surface area contributed by atoms with Crippen LogP contribution in [0.1, 0.15) is 36.9 Å². The van der Waals surface area contributed by atoms with Gasteiger partial charge in [-0.1, -0.05) is 24.3 Å². The summed E-state index contributed by atoms with van der Waals surface area (Å²) in [5, 5.41) is 6.05. The van der Waals surface area contributed by atoms with Crippen molar-refractivity contribution in [3.8, 4) is 5.75 Å². The van der Waals surface area contributed by atoms with Crippen molar-refractivity contribution in [3.63, 3.8) is 0 Å². The molecular weight excluding hydrogens is 331 g/mol. The Morgan fingerprint density at radius 1 is 1.19 bits per heavy atom. The minimum absolute atomic E-state index is 0.0184. The molecule has 26 heavy (non-hydrogen) atoms. The topological polar surface area (TPSA) is 50.4 Å². The fourth-order valence-corrected chi connectivity index (χ4v) is 3.18. The van der Waals surface area contributed by atoms with Gasteiger partial charge in [-0.3, -0.25) is 0 Å². The monoisotopic (exact) mass is 356 g/mol. The number of rotatable bonds is 7. The molecule has 2 atom stereocenters. The van der Waals surface area contributed by atoms with Gasteiger partial charge in [0.25, 0.3) is 0 Å². The van der Waals surface area contributed by atoms with Gasteiger partial charge in [0.1, 0.15) is 11.6 Å². The Hall–Kier alpha value is -2.56. The SMILES string of the molecule is COc1cccc(CC(C)NC(=O)NC(c2ccc(F)cc2)C2CC2)c1. The Bertz CT molecular complexity index is 744. The Morgan fingerprint density at radius 3 is 2.58 bits per heavy atom. The summed E-state index contributed by atoms with van der Waals surface area (Å²) in [6, 6.07) is 13.9. The molecular formula is C21H25FN2O2. The van der Waals surface area contributed by atoms with Crippen LogP contribution in [0.4, 0.5) is 9.18 Å². The molecule has 4 nitrogen and oxygen atoms in total. The van der Waals surface area contributed by atoms with E-state index in [0.717, 1.165) is 36.1 Å². The third-order valence-corrected chi connectivity index (χ3v) is 4.66. The second kappa shape index (κ2) is 8.21. The van der Waals surface area contributed by atoms with Crippen LogP contribution in [0, 0.1) is 11.7 Å². The summed E-state index contributed by atoms with van der Waals surface area (Å²) < 4.78 is 18.4. The zero-order valence-corrected chi connectivity index (χ0v) is 15.2. The standard InChI is InChI=1S/C21H25FN2O2/c1-14(12-15-4-3-5-19(13-15)26-2)23-21(25)24-20(16-6-7-16)17-8-10-18(22)11-9-17/h3-5,8-11,13-14,16,20H,6-7,12H2,1-2H3,(H2,23,24,25). The molecule has 1 aliphatic rings. The number of amides is 2. The molecule has 2 aromatic rings. The first kappa shape index (κ1) is 18.2. The summed E-state index contributed by atoms with van der Waals surface area (Å²) in [5.74, 6) is 0.976. The van der Waals surface area contributed by atoms with Gasteiger partial charge in [-0.25, -0.2) is 9.18 Å². The molecule has 0 saturated heterocycles. The molecule has 1 fully saturated rings. The Kier molecular flexibility index (Phi) is 5.76. The van der Waals surface area contributed by atoms with Crippen molar-refractivity contribution >= 4 is 6.03 Å². The number of nitrogens with one attached hydrogen (secondary N) is 2. The molecule has 2 amide bonds. The minimum Gasteiger partial charge on any atom is -0.497 e. The maximum absolute atomic E-state index is 13.2. The quantitative estimate of drug-likeness (QED) is 0.780. The molecule has 0 spiro atoms. The van der Waals surface area contributed by atoms with Crippen LogP contribution in [0.5, 0.6) is 5.75 Å². The van der Waals surface area contributed by atoms with Crippen LogP contribution in [0.2, 0.25) is 0 Å². The van der Waals surface area contributed by atoms with Gasteiger partial charge in [-0.15, -0.1) is 0 Å². The molecule has 138 valence electrons. The number of methoxy groups -OCH3 is 1. The first-order valence-electron chi connectivity index (χ1n) is 9.00. The Morgan fingerprint density at radius 2 is 1.92 bits per heavy atom. The molecule has 2 N–H and O–H groups in total. The van der Waals surface area contributed by atoms with Crippen LogP contribution >= 0.6 is 0 Å². The van der Waals surface area contributed by atoms with E-state index in [0.29, 0.717) is 5.92 Å². The Balaban J connectivity index is 1.57. The van der Waals surface area contributed by atoms with E-state index in [-0.39, 0.29) is 23.9 Å². The molecule has 2 aromatic carbocycles. The van der Waals surface area contributed by atoms with Crippen molar-refractivity contribution in [2.24, 2.45) is 5.92 Å². The van der Waals surface area contributed by atoms with E-state index in [2.05, 4.69) is 10.6 Å². The third-order valence-electron chi connectivity index (χ3n) is 4.66. The highest BCUT2D eigenvalue weighted by atomic mass is 19.1. The molecule has 5 heteroatoms. The number of halogens is 1. The van der Waals surface area contributed by atoms with E-state index in [9.17, 15) is 9.18 Å². The number of benzene rings is 2. The van der Waals surface area contributed by atoms with Crippen LogP contribution in [0.25, 0.3) is 0 Å². The number of carbonyl (C=O) groups is 1. The smallest absolute Gasteiger partial charge is 0.315 e. The highest BCUT2D eigenvalue weighted by molar-refractivity contribution is 5.75. The van der Waals surface area contributed by atoms with Gasteiger partial charge < -0.3 is 15.4 Å². The zero-order chi connectivity index (χ0) is 18.5. The van der Waals surface area contributed by atoms with Crippen molar-refractivity contribution in [1.29, 1.82) is 0 Å². The van der Waals surface area contributed by atoms with E-state index in [1.165, 1.54) is 12.1 Å². The fraction of sp³-hybridized carbons (Fsp3) is 0.381. The van der Waals surface area contributed by atoms with Gasteiger partial charge in [0, 0.05) is 6.04 Å². The van der Waals surface area contributed by atoms with Crippen LogP contribution in [-0.2, 0) is 6.42 Å². The maximum Gasteiger partial charge on any atom is 0.315 e. The summed E-state index contributed by atoms with van der Waals surface area (Å²) in [5.41, 5.74) is 2.05. The first-order valence-corrected chi connectivity index (χ1v) is 9.00. The Labute approximate surface area is 153 Å². The number of hydrogen-bond donors (Lipinski definition) is 2. The van der Waals surface area contributed by atoms with E-state index in [4.69, 9.17) is 4.74 Å². The summed E-state index contributed by atoms with van der Waals surface area (Å²) in [6.45, 7) is 1.98. The van der Waals surface area contributed by atoms with Gasteiger partial charge in [-0.05, 0) is 67.5 Å². The van der Waals surface area contributed by atoms with Crippen LogP contribution < -0.4 is 15.4 Å². The first-order chi connectivity index (χ1) is 12.5. The van der Waals surface area contributed by atoms with Crippen molar-refractivity contribution < 1.29 is 13.9 Å². The highest BCUT2D eigenvalue weighted by Gasteiger charge is 2.33. The molecule has 1 saturated carbocycles. The predicted octanol–water partition coefficient (Wildman–Crippen LogP) is 4.22. The molecule has 0 aromatic heterocycles. The summed E-state index contributed by atoms with van der Waals surface area (Å²) in [4.78, 5) is 12.4. The van der Waals surface area contributed by atoms with Crippen LogP contribution in [0.3, 0.4) is 0 Å². The maximum atomic E-state index is 13.2. The lowest BCUT2D eigenvalue weighted by atomic mass is 10.0. The predicted molar refractivity (Wildman–Crippen MR) is 99.7 cm³/mol. The normalized spacial score (nSPS) is 15.8. The highest BCUT2D eigenvalue weighted by Crippen LogP contribution is 2.40. The molecule has 0 heterocycles. The second-order valence-electron chi connectivity index (χ2n) is 6.94. The number of hydrogen-bond acceptors (Lipinski definition) is 2. The van der Waals surface area contributed by atoms with Gasteiger partial charge in [-0.2, -0.15) is 0 Å². The van der Waals surface area contributed by atoms with Gasteiger partial charge in [0.15, 0.2) is 0 Å². The molecule has 1 aliphatic carbocycles. The summed E-state index contributed by atoms with van der Waals surface area (Å²) >= 11 is 0. The van der Waals surface area contributed by atoms with E-state index in [1.807, 2.05) is 31.2 Å². The summed E-state index contributed by atoms with van der Waals surface area (Å²) in [6.07, 6.45) is 2.89. The lowest BCUT2D eigenvalue weighted by Crippen LogP contribution is -2.43. The van der Waals surface area contributed by atoms with E-state index >= 15 is 0 Å². The molecule has 0 radical (unpaired) electrons. The minimum atomic E-state index is -0.264. The molecule has 2 unspecified atom stereocenters. The molecule has 0 bridgehead atoms. The van der Waals surface area contributed by atoms with Gasteiger partial charge >= 0.3 is 6.03 Å². The molecule has 0 aliphatic heterocycles. The lowest BCUT2D eigenvalue weighted by Gasteiger charge is -2.21. The third kappa shape index (κ3) is 4.97.